The highest BCUT2D eigenvalue weighted by Crippen LogP contribution is 2.23. The third-order valence-electron chi connectivity index (χ3n) is 3.21. The lowest BCUT2D eigenvalue weighted by atomic mass is 9.88. The Morgan fingerprint density at radius 1 is 1.19 bits per heavy atom. The molecule has 2 N–H and O–H groups in total. The van der Waals surface area contributed by atoms with Crippen molar-refractivity contribution >= 4 is 11.9 Å². The van der Waals surface area contributed by atoms with Crippen molar-refractivity contribution in [1.82, 2.24) is 5.32 Å². The first-order valence-electron chi connectivity index (χ1n) is 6.05. The van der Waals surface area contributed by atoms with Crippen LogP contribution < -0.4 is 5.32 Å². The van der Waals surface area contributed by atoms with E-state index < -0.39 is 12.0 Å². The molecule has 0 aromatic carbocycles. The first-order valence-corrected chi connectivity index (χ1v) is 6.05. The Labute approximate surface area is 96.4 Å². The van der Waals surface area contributed by atoms with E-state index >= 15 is 0 Å². The summed E-state index contributed by atoms with van der Waals surface area (Å²) >= 11 is 0. The average Bonchev–Trinajstić information content (AvgIpc) is 2.25. The summed E-state index contributed by atoms with van der Waals surface area (Å²) in [6.45, 7) is 3.61. The van der Waals surface area contributed by atoms with Crippen LogP contribution in [0.4, 0.5) is 0 Å². The molecular formula is C12H21NO3. The molecule has 0 spiro atoms. The number of carboxylic acid groups (broad SMARTS) is 1. The Kier molecular flexibility index (Phi) is 4.77. The van der Waals surface area contributed by atoms with E-state index in [-0.39, 0.29) is 17.7 Å². The van der Waals surface area contributed by atoms with Crippen LogP contribution >= 0.6 is 0 Å². The molecule has 0 heterocycles. The third-order valence-corrected chi connectivity index (χ3v) is 3.21. The summed E-state index contributed by atoms with van der Waals surface area (Å²) in [4.78, 5) is 22.8. The van der Waals surface area contributed by atoms with Crippen molar-refractivity contribution in [2.45, 2.75) is 52.0 Å². The topological polar surface area (TPSA) is 66.4 Å². The highest BCUT2D eigenvalue weighted by Gasteiger charge is 2.28. The van der Waals surface area contributed by atoms with Gasteiger partial charge in [0.15, 0.2) is 0 Å². The normalized spacial score (nSPS) is 19.4. The summed E-state index contributed by atoms with van der Waals surface area (Å²) in [5.74, 6) is -1.08. The number of nitrogens with one attached hydrogen (secondary N) is 1. The van der Waals surface area contributed by atoms with Crippen LogP contribution in [0.15, 0.2) is 0 Å². The number of carboxylic acids is 1. The van der Waals surface area contributed by atoms with Crippen molar-refractivity contribution < 1.29 is 14.7 Å². The molecule has 1 aliphatic carbocycles. The number of hydrogen-bond donors (Lipinski definition) is 2. The number of carbonyl (C=O) groups is 2. The summed E-state index contributed by atoms with van der Waals surface area (Å²) < 4.78 is 0. The van der Waals surface area contributed by atoms with Gasteiger partial charge in [-0.3, -0.25) is 4.79 Å². The zero-order valence-corrected chi connectivity index (χ0v) is 10.0. The molecule has 0 aliphatic heterocycles. The highest BCUT2D eigenvalue weighted by molar-refractivity contribution is 5.85. The fourth-order valence-corrected chi connectivity index (χ4v) is 2.15. The number of amides is 1. The van der Waals surface area contributed by atoms with Gasteiger partial charge in [-0.1, -0.05) is 33.1 Å². The Morgan fingerprint density at radius 2 is 1.75 bits per heavy atom. The van der Waals surface area contributed by atoms with Gasteiger partial charge in [0.25, 0.3) is 0 Å². The molecule has 1 rings (SSSR count). The first kappa shape index (κ1) is 13.0. The number of rotatable bonds is 4. The third kappa shape index (κ3) is 3.51. The van der Waals surface area contributed by atoms with Gasteiger partial charge in [-0.15, -0.1) is 0 Å². The fourth-order valence-electron chi connectivity index (χ4n) is 2.15. The van der Waals surface area contributed by atoms with Crippen LogP contribution in [0.2, 0.25) is 0 Å². The first-order chi connectivity index (χ1) is 7.52. The molecule has 4 heteroatoms. The van der Waals surface area contributed by atoms with Gasteiger partial charge >= 0.3 is 5.97 Å². The smallest absolute Gasteiger partial charge is 0.326 e. The Bertz CT molecular complexity index is 257. The standard InChI is InChI=1S/C12H21NO3/c1-8(2)10(12(15)16)13-11(14)9-6-4-3-5-7-9/h8-10H,3-7H2,1-2H3,(H,13,14)(H,15,16). The quantitative estimate of drug-likeness (QED) is 0.769. The van der Waals surface area contributed by atoms with Gasteiger partial charge in [0.1, 0.15) is 6.04 Å². The highest BCUT2D eigenvalue weighted by atomic mass is 16.4. The molecular weight excluding hydrogens is 206 g/mol. The second-order valence-corrected chi connectivity index (χ2v) is 4.90. The largest absolute Gasteiger partial charge is 0.480 e. The second kappa shape index (κ2) is 5.87. The maximum absolute atomic E-state index is 11.8. The van der Waals surface area contributed by atoms with E-state index in [0.717, 1.165) is 25.7 Å². The summed E-state index contributed by atoms with van der Waals surface area (Å²) in [5.41, 5.74) is 0. The van der Waals surface area contributed by atoms with Crippen LogP contribution in [0, 0.1) is 11.8 Å². The molecule has 1 amide bonds. The van der Waals surface area contributed by atoms with E-state index in [0.29, 0.717) is 0 Å². The van der Waals surface area contributed by atoms with Crippen molar-refractivity contribution in [2.75, 3.05) is 0 Å². The Hall–Kier alpha value is -1.06. The van der Waals surface area contributed by atoms with E-state index in [4.69, 9.17) is 5.11 Å². The van der Waals surface area contributed by atoms with Crippen LogP contribution in [0.25, 0.3) is 0 Å². The fraction of sp³-hybridized carbons (Fsp3) is 0.833. The Morgan fingerprint density at radius 3 is 2.19 bits per heavy atom. The maximum Gasteiger partial charge on any atom is 0.326 e. The molecule has 0 aromatic heterocycles. The lowest BCUT2D eigenvalue weighted by Gasteiger charge is -2.24. The number of carbonyl (C=O) groups excluding carboxylic acids is 1. The average molecular weight is 227 g/mol. The van der Waals surface area contributed by atoms with Crippen LogP contribution in [0.3, 0.4) is 0 Å². The maximum atomic E-state index is 11.8. The lowest BCUT2D eigenvalue weighted by Crippen LogP contribution is -2.46. The molecule has 1 aliphatic rings. The van der Waals surface area contributed by atoms with Gasteiger partial charge in [0, 0.05) is 5.92 Å². The van der Waals surface area contributed by atoms with Crippen molar-refractivity contribution in [2.24, 2.45) is 11.8 Å². The molecule has 0 aromatic rings. The van der Waals surface area contributed by atoms with E-state index in [1.807, 2.05) is 0 Å². The van der Waals surface area contributed by atoms with Crippen molar-refractivity contribution in [3.05, 3.63) is 0 Å². The molecule has 1 unspecified atom stereocenters. The summed E-state index contributed by atoms with van der Waals surface area (Å²) in [6.07, 6.45) is 5.15. The summed E-state index contributed by atoms with van der Waals surface area (Å²) in [5, 5.41) is 11.6. The van der Waals surface area contributed by atoms with Gasteiger partial charge in [0.2, 0.25) is 5.91 Å². The van der Waals surface area contributed by atoms with Crippen LogP contribution in [0.5, 0.6) is 0 Å². The molecule has 0 bridgehead atoms. The van der Waals surface area contributed by atoms with Crippen molar-refractivity contribution in [1.29, 1.82) is 0 Å². The minimum Gasteiger partial charge on any atom is -0.480 e. The lowest BCUT2D eigenvalue weighted by molar-refractivity contribution is -0.144. The molecule has 1 saturated carbocycles. The zero-order valence-electron chi connectivity index (χ0n) is 10.0. The molecule has 0 saturated heterocycles. The van der Waals surface area contributed by atoms with E-state index in [1.54, 1.807) is 13.8 Å². The number of hydrogen-bond acceptors (Lipinski definition) is 2. The van der Waals surface area contributed by atoms with E-state index in [2.05, 4.69) is 5.32 Å². The predicted molar refractivity (Wildman–Crippen MR) is 61.0 cm³/mol. The van der Waals surface area contributed by atoms with E-state index in [9.17, 15) is 9.59 Å². The molecule has 1 fully saturated rings. The van der Waals surface area contributed by atoms with Crippen LogP contribution in [-0.2, 0) is 9.59 Å². The van der Waals surface area contributed by atoms with Gasteiger partial charge in [-0.25, -0.2) is 4.79 Å². The van der Waals surface area contributed by atoms with Crippen LogP contribution in [0.1, 0.15) is 46.0 Å². The SMILES string of the molecule is CC(C)C(NC(=O)C1CCCCC1)C(=O)O. The van der Waals surface area contributed by atoms with Gasteiger partial charge in [-0.2, -0.15) is 0 Å². The summed E-state index contributed by atoms with van der Waals surface area (Å²) in [6, 6.07) is -0.755. The predicted octanol–water partition coefficient (Wildman–Crippen LogP) is 1.79. The minimum absolute atomic E-state index is 0.0225. The minimum atomic E-state index is -0.945. The zero-order chi connectivity index (χ0) is 12.1. The summed E-state index contributed by atoms with van der Waals surface area (Å²) in [7, 11) is 0. The molecule has 0 radical (unpaired) electrons. The van der Waals surface area contributed by atoms with Crippen molar-refractivity contribution in [3.63, 3.8) is 0 Å². The number of aliphatic carboxylic acids is 1. The van der Waals surface area contributed by atoms with Crippen LogP contribution in [-0.4, -0.2) is 23.0 Å². The molecule has 1 atom stereocenters. The second-order valence-electron chi connectivity index (χ2n) is 4.90. The monoisotopic (exact) mass is 227 g/mol. The molecule has 92 valence electrons. The Balaban J connectivity index is 2.50. The van der Waals surface area contributed by atoms with Crippen molar-refractivity contribution in [3.8, 4) is 0 Å². The van der Waals surface area contributed by atoms with E-state index in [1.165, 1.54) is 6.42 Å². The molecule has 16 heavy (non-hydrogen) atoms. The molecule has 4 nitrogen and oxygen atoms in total. The van der Waals surface area contributed by atoms with Gasteiger partial charge in [-0.05, 0) is 18.8 Å². The van der Waals surface area contributed by atoms with Gasteiger partial charge < -0.3 is 10.4 Å². The van der Waals surface area contributed by atoms with Gasteiger partial charge in [0.05, 0.1) is 0 Å².